The van der Waals surface area contributed by atoms with E-state index in [-0.39, 0.29) is 29.4 Å². The molecule has 0 bridgehead atoms. The van der Waals surface area contributed by atoms with Crippen molar-refractivity contribution in [2.24, 2.45) is 0 Å². The molecule has 3 aromatic rings. The topological polar surface area (TPSA) is 142 Å². The van der Waals surface area contributed by atoms with Crippen molar-refractivity contribution in [1.82, 2.24) is 5.32 Å². The van der Waals surface area contributed by atoms with Crippen LogP contribution in [-0.2, 0) is 20.7 Å². The Morgan fingerprint density at radius 1 is 0.933 bits per heavy atom. The third kappa shape index (κ3) is 6.25. The number of carbonyl (C=O) groups is 2. The number of ether oxygens (including phenoxy) is 6. The van der Waals surface area contributed by atoms with Gasteiger partial charge in [-0.1, -0.05) is 18.2 Å². The van der Waals surface area contributed by atoms with Crippen LogP contribution in [0.3, 0.4) is 0 Å². The molecule has 1 amide bonds. The summed E-state index contributed by atoms with van der Waals surface area (Å²) in [7, 11) is 6.00. The van der Waals surface area contributed by atoms with E-state index >= 15 is 0 Å². The first-order valence-electron chi connectivity index (χ1n) is 14.3. The van der Waals surface area contributed by atoms with Crippen LogP contribution in [0.25, 0.3) is 17.2 Å². The van der Waals surface area contributed by atoms with Gasteiger partial charge in [0, 0.05) is 30.2 Å². The van der Waals surface area contributed by atoms with E-state index < -0.39 is 36.1 Å². The van der Waals surface area contributed by atoms with Gasteiger partial charge in [0.2, 0.25) is 6.29 Å². The zero-order valence-electron chi connectivity index (χ0n) is 26.0. The molecule has 1 aliphatic carbocycles. The smallest absolute Gasteiger partial charge is 0.255 e. The summed E-state index contributed by atoms with van der Waals surface area (Å²) < 4.78 is 33.8. The Morgan fingerprint density at radius 2 is 1.69 bits per heavy atom. The fraction of sp³-hybridized carbons (Fsp3) is 0.353. The van der Waals surface area contributed by atoms with E-state index in [2.05, 4.69) is 5.32 Å². The molecule has 0 radical (unpaired) electrons. The van der Waals surface area contributed by atoms with Gasteiger partial charge >= 0.3 is 0 Å². The maximum Gasteiger partial charge on any atom is 0.255 e. The SMILES string of the molecule is COc1cccc(-c2cc(C(=O)NC3=Cc4ccc(O[C@@H]5OC(C)(C)[C@H](OC)[C@@H](O)[C@H]5O)c(OC)c4CC3=O)ccc2OC)c1. The highest BCUT2D eigenvalue weighted by molar-refractivity contribution is 6.09. The Hall–Kier alpha value is -4.42. The van der Waals surface area contributed by atoms with Crippen LogP contribution in [0.15, 0.2) is 60.3 Å². The molecule has 5 rings (SSSR count). The largest absolute Gasteiger partial charge is 0.497 e. The number of Topliss-reactive ketones (excluding diaryl/α,β-unsaturated/α-hetero) is 1. The molecular formula is C34H37NO10. The van der Waals surface area contributed by atoms with E-state index in [1.165, 1.54) is 14.2 Å². The fourth-order valence-electron chi connectivity index (χ4n) is 5.74. The number of aliphatic hydroxyl groups excluding tert-OH is 2. The Balaban J connectivity index is 1.39. The van der Waals surface area contributed by atoms with E-state index in [0.29, 0.717) is 33.8 Å². The van der Waals surface area contributed by atoms with Gasteiger partial charge in [-0.15, -0.1) is 0 Å². The molecule has 11 nitrogen and oxygen atoms in total. The molecule has 2 aliphatic rings. The molecule has 1 aliphatic heterocycles. The van der Waals surface area contributed by atoms with Crippen molar-refractivity contribution < 1.29 is 48.2 Å². The number of benzene rings is 3. The van der Waals surface area contributed by atoms with Gasteiger partial charge in [-0.3, -0.25) is 9.59 Å². The molecule has 1 fully saturated rings. The molecule has 238 valence electrons. The molecule has 3 aromatic carbocycles. The quantitative estimate of drug-likeness (QED) is 0.326. The summed E-state index contributed by atoms with van der Waals surface area (Å²) >= 11 is 0. The molecular weight excluding hydrogens is 582 g/mol. The van der Waals surface area contributed by atoms with Gasteiger partial charge in [0.1, 0.15) is 29.8 Å². The lowest BCUT2D eigenvalue weighted by Gasteiger charge is -2.46. The lowest BCUT2D eigenvalue weighted by Crippen LogP contribution is -2.63. The molecule has 0 saturated carbocycles. The first-order chi connectivity index (χ1) is 21.5. The zero-order valence-corrected chi connectivity index (χ0v) is 26.0. The van der Waals surface area contributed by atoms with Crippen LogP contribution in [-0.4, -0.2) is 80.5 Å². The van der Waals surface area contributed by atoms with Crippen LogP contribution < -0.4 is 24.3 Å². The second-order valence-corrected chi connectivity index (χ2v) is 11.3. The molecule has 11 heteroatoms. The number of fused-ring (bicyclic) bond motifs is 1. The Morgan fingerprint density at radius 3 is 2.38 bits per heavy atom. The highest BCUT2D eigenvalue weighted by atomic mass is 16.7. The standard InChI is InChI=1S/C34H37NO10/c1-34(2)31(43-6)28(37)29(38)33(45-34)44-27-13-10-19-16-24(25(36)17-23(19)30(27)42-5)35-32(39)20-11-12-26(41-4)22(15-20)18-8-7-9-21(14-18)40-3/h7-16,28-29,31,33,37-38H,17H2,1-6H3,(H,35,39)/t28-,29+,31+,33+/m0/s1. The van der Waals surface area contributed by atoms with Crippen LogP contribution >= 0.6 is 0 Å². The van der Waals surface area contributed by atoms with Gasteiger partial charge in [-0.05, 0) is 67.4 Å². The number of ketones is 1. The van der Waals surface area contributed by atoms with Crippen LogP contribution in [0.2, 0.25) is 0 Å². The molecule has 1 heterocycles. The number of rotatable bonds is 9. The average molecular weight is 620 g/mol. The lowest BCUT2D eigenvalue weighted by molar-refractivity contribution is -0.306. The molecule has 4 atom stereocenters. The normalized spacial score (nSPS) is 22.1. The first-order valence-corrected chi connectivity index (χ1v) is 14.3. The lowest BCUT2D eigenvalue weighted by atomic mass is 9.89. The summed E-state index contributed by atoms with van der Waals surface area (Å²) in [6.07, 6.45) is -3.17. The van der Waals surface area contributed by atoms with E-state index in [1.54, 1.807) is 64.5 Å². The third-order valence-corrected chi connectivity index (χ3v) is 8.03. The van der Waals surface area contributed by atoms with Crippen molar-refractivity contribution >= 4 is 17.8 Å². The molecule has 0 unspecified atom stereocenters. The molecule has 1 saturated heterocycles. The summed E-state index contributed by atoms with van der Waals surface area (Å²) in [5.41, 5.74) is 2.18. The monoisotopic (exact) mass is 619 g/mol. The number of methoxy groups -OCH3 is 4. The van der Waals surface area contributed by atoms with E-state index in [1.807, 2.05) is 24.3 Å². The number of aliphatic hydroxyl groups is 2. The van der Waals surface area contributed by atoms with E-state index in [0.717, 1.165) is 5.56 Å². The van der Waals surface area contributed by atoms with Gasteiger partial charge in [0.15, 0.2) is 17.3 Å². The third-order valence-electron chi connectivity index (χ3n) is 8.03. The molecule has 45 heavy (non-hydrogen) atoms. The summed E-state index contributed by atoms with van der Waals surface area (Å²) in [6, 6.07) is 15.8. The molecule has 0 spiro atoms. The second-order valence-electron chi connectivity index (χ2n) is 11.3. The van der Waals surface area contributed by atoms with Gasteiger partial charge in [0.25, 0.3) is 5.91 Å². The fourth-order valence-corrected chi connectivity index (χ4v) is 5.74. The number of nitrogens with one attached hydrogen (secondary N) is 1. The minimum Gasteiger partial charge on any atom is -0.497 e. The van der Waals surface area contributed by atoms with E-state index in [4.69, 9.17) is 28.4 Å². The van der Waals surface area contributed by atoms with Crippen molar-refractivity contribution in [1.29, 1.82) is 0 Å². The molecule has 3 N–H and O–H groups in total. The highest BCUT2D eigenvalue weighted by Gasteiger charge is 2.50. The van der Waals surface area contributed by atoms with Crippen LogP contribution in [0, 0.1) is 0 Å². The van der Waals surface area contributed by atoms with Crippen LogP contribution in [0.4, 0.5) is 0 Å². The Labute approximate surface area is 261 Å². The summed E-state index contributed by atoms with van der Waals surface area (Å²) in [5.74, 6) is 0.939. The first kappa shape index (κ1) is 32.0. The summed E-state index contributed by atoms with van der Waals surface area (Å²) in [4.78, 5) is 26.6. The molecule has 0 aromatic heterocycles. The number of hydrogen-bond acceptors (Lipinski definition) is 10. The van der Waals surface area contributed by atoms with Crippen LogP contribution in [0.5, 0.6) is 23.0 Å². The average Bonchev–Trinajstić information content (AvgIpc) is 3.03. The second kappa shape index (κ2) is 12.9. The van der Waals surface area contributed by atoms with Crippen LogP contribution in [0.1, 0.15) is 35.3 Å². The minimum atomic E-state index is -1.41. The van der Waals surface area contributed by atoms with Crippen molar-refractivity contribution in [3.05, 3.63) is 77.0 Å². The number of hydrogen-bond donors (Lipinski definition) is 3. The van der Waals surface area contributed by atoms with Gasteiger partial charge in [-0.2, -0.15) is 0 Å². The van der Waals surface area contributed by atoms with Gasteiger partial charge in [-0.25, -0.2) is 0 Å². The van der Waals surface area contributed by atoms with Gasteiger partial charge in [0.05, 0.1) is 32.6 Å². The Bertz CT molecular complexity index is 1630. The highest BCUT2D eigenvalue weighted by Crippen LogP contribution is 2.40. The number of allylic oxidation sites excluding steroid dienone is 1. The van der Waals surface area contributed by atoms with Gasteiger partial charge < -0.3 is 44.0 Å². The maximum absolute atomic E-state index is 13.3. The zero-order chi connectivity index (χ0) is 32.5. The van der Waals surface area contributed by atoms with Crippen molar-refractivity contribution in [3.8, 4) is 34.1 Å². The minimum absolute atomic E-state index is 0.0760. The maximum atomic E-state index is 13.3. The number of carbonyl (C=O) groups excluding carboxylic acids is 2. The summed E-state index contributed by atoms with van der Waals surface area (Å²) in [5, 5.41) is 24.1. The van der Waals surface area contributed by atoms with Crippen molar-refractivity contribution in [2.75, 3.05) is 28.4 Å². The van der Waals surface area contributed by atoms with E-state index in [9.17, 15) is 19.8 Å². The van der Waals surface area contributed by atoms with Crippen molar-refractivity contribution in [3.63, 3.8) is 0 Å². The van der Waals surface area contributed by atoms with Crippen molar-refractivity contribution in [2.45, 2.75) is 50.5 Å². The predicted molar refractivity (Wildman–Crippen MR) is 165 cm³/mol. The predicted octanol–water partition coefficient (Wildman–Crippen LogP) is 3.53. The number of amides is 1. The summed E-state index contributed by atoms with van der Waals surface area (Å²) in [6.45, 7) is 3.45. The Kier molecular flexibility index (Phi) is 9.17.